The number of rotatable bonds is 4. The molecule has 2 fully saturated rings. The minimum absolute atomic E-state index is 0.0641. The van der Waals surface area contributed by atoms with E-state index in [4.69, 9.17) is 11.5 Å². The van der Waals surface area contributed by atoms with Crippen molar-refractivity contribution in [2.75, 3.05) is 22.9 Å². The predicted octanol–water partition coefficient (Wildman–Crippen LogP) is 3.46. The maximum Gasteiger partial charge on any atom is 0.407 e. The van der Waals surface area contributed by atoms with Crippen LogP contribution in [0.1, 0.15) is 45.4 Å². The van der Waals surface area contributed by atoms with Gasteiger partial charge in [0.25, 0.3) is 0 Å². The van der Waals surface area contributed by atoms with Crippen LogP contribution in [0.2, 0.25) is 0 Å². The molecule has 1 aliphatic carbocycles. The Morgan fingerprint density at radius 2 is 1.91 bits per heavy atom. The highest BCUT2D eigenvalue weighted by Gasteiger charge is 2.37. The molecule has 10 heteroatoms. The molecule has 10 nitrogen and oxygen atoms in total. The van der Waals surface area contributed by atoms with E-state index in [1.165, 1.54) is 0 Å². The molecule has 2 aromatic heterocycles. The second-order valence-electron chi connectivity index (χ2n) is 9.20. The Morgan fingerprint density at radius 1 is 1.12 bits per heavy atom. The van der Waals surface area contributed by atoms with E-state index >= 15 is 0 Å². The van der Waals surface area contributed by atoms with E-state index in [-0.39, 0.29) is 24.1 Å². The summed E-state index contributed by atoms with van der Waals surface area (Å²) in [6, 6.07) is 7.99. The van der Waals surface area contributed by atoms with Crippen molar-refractivity contribution >= 4 is 34.6 Å². The van der Waals surface area contributed by atoms with Crippen molar-refractivity contribution in [2.24, 2.45) is 0 Å². The smallest absolute Gasteiger partial charge is 0.407 e. The molecular formula is C23H30N8O2. The fourth-order valence-electron chi connectivity index (χ4n) is 5.37. The van der Waals surface area contributed by atoms with Crippen LogP contribution in [0.5, 0.6) is 0 Å². The summed E-state index contributed by atoms with van der Waals surface area (Å²) in [5, 5.41) is 17.8. The Kier molecular flexibility index (Phi) is 5.43. The number of H-pyrrole nitrogens is 1. The zero-order valence-electron chi connectivity index (χ0n) is 18.7. The summed E-state index contributed by atoms with van der Waals surface area (Å²) in [5.74, 6) is 1.36. The first-order chi connectivity index (χ1) is 15.9. The fraction of sp³-hybridized carbons (Fsp3) is 0.478. The molecule has 2 aliphatic rings. The molecular weight excluding hydrogens is 420 g/mol. The number of fused-ring (bicyclic) bond motifs is 1. The maximum atomic E-state index is 12.2. The monoisotopic (exact) mass is 450 g/mol. The van der Waals surface area contributed by atoms with E-state index in [1.807, 2.05) is 24.3 Å². The zero-order valence-corrected chi connectivity index (χ0v) is 18.7. The summed E-state index contributed by atoms with van der Waals surface area (Å²) in [6.07, 6.45) is 5.01. The molecule has 3 heterocycles. The number of carbonyl (C=O) groups is 1. The van der Waals surface area contributed by atoms with Crippen molar-refractivity contribution in [1.82, 2.24) is 25.1 Å². The van der Waals surface area contributed by atoms with Crippen molar-refractivity contribution in [1.29, 1.82) is 0 Å². The maximum absolute atomic E-state index is 12.2. The number of aromatic amines is 1. The van der Waals surface area contributed by atoms with Crippen LogP contribution in [-0.4, -0.2) is 60.9 Å². The molecule has 33 heavy (non-hydrogen) atoms. The average molecular weight is 451 g/mol. The Labute approximate surface area is 192 Å². The molecule has 6 N–H and O–H groups in total. The summed E-state index contributed by atoms with van der Waals surface area (Å²) in [5.41, 5.74) is 14.4. The van der Waals surface area contributed by atoms with E-state index in [9.17, 15) is 9.90 Å². The number of nitrogens with zero attached hydrogens (tertiary/aromatic N) is 5. The molecule has 3 aromatic rings. The van der Waals surface area contributed by atoms with Crippen molar-refractivity contribution in [3.05, 3.63) is 24.3 Å². The summed E-state index contributed by atoms with van der Waals surface area (Å²) in [7, 11) is 0. The van der Waals surface area contributed by atoms with Gasteiger partial charge in [-0.05, 0) is 44.7 Å². The largest absolute Gasteiger partial charge is 0.465 e. The van der Waals surface area contributed by atoms with Gasteiger partial charge in [0, 0.05) is 35.6 Å². The van der Waals surface area contributed by atoms with Crippen molar-refractivity contribution < 1.29 is 9.90 Å². The van der Waals surface area contributed by atoms with Gasteiger partial charge in [-0.3, -0.25) is 5.10 Å². The topological polar surface area (TPSA) is 150 Å². The normalized spacial score (nSPS) is 21.5. The number of benzene rings is 1. The van der Waals surface area contributed by atoms with E-state index < -0.39 is 6.09 Å². The Hall–Kier alpha value is -3.56. The molecule has 1 aliphatic heterocycles. The van der Waals surface area contributed by atoms with Crippen LogP contribution in [-0.2, 0) is 0 Å². The quantitative estimate of drug-likeness (QED) is 0.472. The summed E-state index contributed by atoms with van der Waals surface area (Å²) in [6.45, 7) is 2.74. The third kappa shape index (κ3) is 4.01. The number of nitrogen functional groups attached to an aromatic ring is 2. The lowest BCUT2D eigenvalue weighted by atomic mass is 9.96. The number of carboxylic acid groups (broad SMARTS) is 1. The molecule has 0 spiro atoms. The summed E-state index contributed by atoms with van der Waals surface area (Å²) < 4.78 is 0. The summed E-state index contributed by atoms with van der Waals surface area (Å²) >= 11 is 0. The third-order valence-corrected chi connectivity index (χ3v) is 7.10. The molecule has 1 saturated carbocycles. The van der Waals surface area contributed by atoms with Crippen molar-refractivity contribution in [3.63, 3.8) is 0 Å². The number of aromatic nitrogens is 4. The molecule has 1 saturated heterocycles. The van der Waals surface area contributed by atoms with Crippen LogP contribution in [0.4, 0.5) is 22.4 Å². The standard InChI is InChI=1S/C23H30N8O2/c1-13-6-8-16(31(23(32)33)15-4-2-3-5-15)12-30(13)20-11-18(26-22(25)27-20)14-7-9-17-19(10-14)28-29-21(17)24/h7,9-11,13,15-16H,2-6,8,12H2,1H3,(H,32,33)(H3,24,28,29)(H2,25,26,27)/t13-,16+/m0/s1. The van der Waals surface area contributed by atoms with Gasteiger partial charge in [0.1, 0.15) is 5.82 Å². The first kappa shape index (κ1) is 21.3. The number of nitrogens with one attached hydrogen (secondary N) is 1. The second kappa shape index (κ2) is 8.42. The average Bonchev–Trinajstić information content (AvgIpc) is 3.44. The number of nitrogens with two attached hydrogens (primary N) is 2. The van der Waals surface area contributed by atoms with Gasteiger partial charge in [-0.1, -0.05) is 18.9 Å². The lowest BCUT2D eigenvalue weighted by Gasteiger charge is -2.44. The SMILES string of the molecule is C[C@H]1CC[C@@H](N(C(=O)O)C2CCCC2)CN1c1cc(-c2ccc3c(N)n[nH]c3c2)nc(N)n1. The minimum atomic E-state index is -0.823. The molecule has 1 amide bonds. The van der Waals surface area contributed by atoms with Gasteiger partial charge in [0.2, 0.25) is 5.95 Å². The van der Waals surface area contributed by atoms with Gasteiger partial charge in [-0.2, -0.15) is 10.1 Å². The van der Waals surface area contributed by atoms with Crippen LogP contribution in [0.15, 0.2) is 24.3 Å². The molecule has 174 valence electrons. The van der Waals surface area contributed by atoms with Crippen LogP contribution >= 0.6 is 0 Å². The second-order valence-corrected chi connectivity index (χ2v) is 9.20. The fourth-order valence-corrected chi connectivity index (χ4v) is 5.37. The highest BCUT2D eigenvalue weighted by molar-refractivity contribution is 5.91. The number of piperidine rings is 1. The van der Waals surface area contributed by atoms with E-state index in [2.05, 4.69) is 32.0 Å². The molecule has 2 atom stereocenters. The van der Waals surface area contributed by atoms with E-state index in [0.29, 0.717) is 18.1 Å². The zero-order chi connectivity index (χ0) is 23.1. The Bertz CT molecular complexity index is 1170. The van der Waals surface area contributed by atoms with Crippen LogP contribution < -0.4 is 16.4 Å². The molecule has 0 unspecified atom stereocenters. The number of amides is 1. The van der Waals surface area contributed by atoms with Crippen molar-refractivity contribution in [2.45, 2.75) is 63.6 Å². The first-order valence-corrected chi connectivity index (χ1v) is 11.6. The highest BCUT2D eigenvalue weighted by Crippen LogP contribution is 2.33. The molecule has 1 aromatic carbocycles. The predicted molar refractivity (Wildman–Crippen MR) is 128 cm³/mol. The lowest BCUT2D eigenvalue weighted by molar-refractivity contribution is 0.0901. The third-order valence-electron chi connectivity index (χ3n) is 7.10. The van der Waals surface area contributed by atoms with Gasteiger partial charge < -0.3 is 26.4 Å². The highest BCUT2D eigenvalue weighted by atomic mass is 16.4. The van der Waals surface area contributed by atoms with Crippen LogP contribution in [0.3, 0.4) is 0 Å². The van der Waals surface area contributed by atoms with Gasteiger partial charge in [-0.15, -0.1) is 0 Å². The number of hydrogen-bond donors (Lipinski definition) is 4. The van der Waals surface area contributed by atoms with E-state index in [0.717, 1.165) is 60.8 Å². The number of anilines is 3. The molecule has 0 radical (unpaired) electrons. The number of hydrogen-bond acceptors (Lipinski definition) is 7. The van der Waals surface area contributed by atoms with E-state index in [1.54, 1.807) is 4.90 Å². The molecule has 0 bridgehead atoms. The molecule has 5 rings (SSSR count). The van der Waals surface area contributed by atoms with Crippen LogP contribution in [0, 0.1) is 0 Å². The first-order valence-electron chi connectivity index (χ1n) is 11.6. The van der Waals surface area contributed by atoms with Crippen molar-refractivity contribution in [3.8, 4) is 11.3 Å². The minimum Gasteiger partial charge on any atom is -0.465 e. The van der Waals surface area contributed by atoms with Gasteiger partial charge >= 0.3 is 6.09 Å². The lowest BCUT2D eigenvalue weighted by Crippen LogP contribution is -2.55. The van der Waals surface area contributed by atoms with Crippen LogP contribution in [0.25, 0.3) is 22.2 Å². The summed E-state index contributed by atoms with van der Waals surface area (Å²) in [4.78, 5) is 25.0. The Balaban J connectivity index is 1.45. The van der Waals surface area contributed by atoms with Gasteiger partial charge in [0.15, 0.2) is 5.82 Å². The van der Waals surface area contributed by atoms with Gasteiger partial charge in [-0.25, -0.2) is 9.78 Å². The van der Waals surface area contributed by atoms with Gasteiger partial charge in [0.05, 0.1) is 17.3 Å². The Morgan fingerprint density at radius 3 is 2.67 bits per heavy atom.